The molecule has 0 amide bonds. The Bertz CT molecular complexity index is 817. The van der Waals surface area contributed by atoms with E-state index >= 15 is 0 Å². The van der Waals surface area contributed by atoms with E-state index < -0.39 is 0 Å². The van der Waals surface area contributed by atoms with Crippen LogP contribution in [0.3, 0.4) is 0 Å². The molecule has 6 nitrogen and oxygen atoms in total. The minimum Gasteiger partial charge on any atom is -0.306 e. The molecule has 0 aliphatic heterocycles. The summed E-state index contributed by atoms with van der Waals surface area (Å²) >= 11 is 1.61. The number of hydrogen-bond donors (Lipinski definition) is 2. The third kappa shape index (κ3) is 3.09. The molecule has 3 aromatic rings. The van der Waals surface area contributed by atoms with Gasteiger partial charge in [-0.15, -0.1) is 5.10 Å². The van der Waals surface area contributed by atoms with Gasteiger partial charge >= 0.3 is 5.69 Å². The topological polar surface area (TPSA) is 79.4 Å². The van der Waals surface area contributed by atoms with E-state index in [1.807, 2.05) is 24.3 Å². The molecular formula is C15H19N5OS. The first-order valence-corrected chi connectivity index (χ1v) is 8.36. The molecule has 0 fully saturated rings. The summed E-state index contributed by atoms with van der Waals surface area (Å²) in [4.78, 5) is 19.3. The highest BCUT2D eigenvalue weighted by atomic mass is 32.2. The molecule has 0 saturated carbocycles. The predicted octanol–water partition coefficient (Wildman–Crippen LogP) is 2.75. The number of imidazole rings is 1. The minimum atomic E-state index is -0.0498. The summed E-state index contributed by atoms with van der Waals surface area (Å²) in [5, 5.41) is 7.92. The Balaban J connectivity index is 1.58. The van der Waals surface area contributed by atoms with Gasteiger partial charge in [-0.25, -0.2) is 9.78 Å². The predicted molar refractivity (Wildman–Crippen MR) is 88.4 cm³/mol. The van der Waals surface area contributed by atoms with Crippen molar-refractivity contribution in [1.29, 1.82) is 0 Å². The lowest BCUT2D eigenvalue weighted by Gasteiger charge is -2.02. The lowest BCUT2D eigenvalue weighted by molar-refractivity contribution is 0.679. The van der Waals surface area contributed by atoms with Crippen LogP contribution in [-0.2, 0) is 6.54 Å². The van der Waals surface area contributed by atoms with Crippen molar-refractivity contribution in [3.05, 3.63) is 40.6 Å². The Kier molecular flexibility index (Phi) is 4.33. The standard InChI is InChI=1S/C15H19N5OS/c1-10(2)13-17-14(19-18-13)22-9-5-8-20-12-7-4-3-6-11(12)16-15(20)21/h3-4,6-7,10H,5,8-9H2,1-2H3,(H,16,21)(H,17,18,19). The number of hydrogen-bond acceptors (Lipinski definition) is 4. The van der Waals surface area contributed by atoms with Crippen LogP contribution in [0.2, 0.25) is 0 Å². The van der Waals surface area contributed by atoms with Crippen molar-refractivity contribution in [1.82, 2.24) is 24.7 Å². The van der Waals surface area contributed by atoms with Gasteiger partial charge in [-0.3, -0.25) is 9.67 Å². The first-order valence-electron chi connectivity index (χ1n) is 7.38. The molecule has 22 heavy (non-hydrogen) atoms. The fraction of sp³-hybridized carbons (Fsp3) is 0.400. The normalized spacial score (nSPS) is 11.6. The average molecular weight is 317 g/mol. The number of benzene rings is 1. The maximum absolute atomic E-state index is 12.0. The van der Waals surface area contributed by atoms with Gasteiger partial charge in [0, 0.05) is 18.2 Å². The summed E-state index contributed by atoms with van der Waals surface area (Å²) in [6.07, 6.45) is 0.887. The zero-order valence-corrected chi connectivity index (χ0v) is 13.5. The minimum absolute atomic E-state index is 0.0498. The summed E-state index contributed by atoms with van der Waals surface area (Å²) in [6, 6.07) is 7.75. The number of aromatic nitrogens is 5. The molecule has 1 aromatic carbocycles. The molecule has 0 aliphatic rings. The van der Waals surface area contributed by atoms with Crippen LogP contribution in [0.4, 0.5) is 0 Å². The zero-order valence-electron chi connectivity index (χ0n) is 12.7. The van der Waals surface area contributed by atoms with Crippen LogP contribution < -0.4 is 5.69 Å². The summed E-state index contributed by atoms with van der Waals surface area (Å²) in [5.41, 5.74) is 1.79. The quantitative estimate of drug-likeness (QED) is 0.541. The number of para-hydroxylation sites is 2. The van der Waals surface area contributed by atoms with Gasteiger partial charge in [-0.1, -0.05) is 37.7 Å². The number of fused-ring (bicyclic) bond motifs is 1. The number of aromatic amines is 2. The second-order valence-electron chi connectivity index (χ2n) is 5.46. The number of thioether (sulfide) groups is 1. The van der Waals surface area contributed by atoms with Crippen molar-refractivity contribution in [2.24, 2.45) is 0 Å². The molecule has 2 aromatic heterocycles. The monoisotopic (exact) mass is 317 g/mol. The van der Waals surface area contributed by atoms with Gasteiger partial charge in [0.25, 0.3) is 0 Å². The largest absolute Gasteiger partial charge is 0.326 e. The molecule has 2 N–H and O–H groups in total. The maximum atomic E-state index is 12.0. The van der Waals surface area contributed by atoms with Gasteiger partial charge in [0.05, 0.1) is 11.0 Å². The highest BCUT2D eigenvalue weighted by Crippen LogP contribution is 2.17. The van der Waals surface area contributed by atoms with E-state index in [4.69, 9.17) is 0 Å². The summed E-state index contributed by atoms with van der Waals surface area (Å²) < 4.78 is 1.79. The third-order valence-corrected chi connectivity index (χ3v) is 4.40. The smallest absolute Gasteiger partial charge is 0.306 e. The third-order valence-electron chi connectivity index (χ3n) is 3.47. The van der Waals surface area contributed by atoms with Crippen LogP contribution in [0.5, 0.6) is 0 Å². The molecule has 3 rings (SSSR count). The second-order valence-corrected chi connectivity index (χ2v) is 6.52. The van der Waals surface area contributed by atoms with Crippen molar-refractivity contribution in [2.75, 3.05) is 5.75 Å². The lowest BCUT2D eigenvalue weighted by atomic mass is 10.2. The van der Waals surface area contributed by atoms with Gasteiger partial charge in [0.1, 0.15) is 5.82 Å². The van der Waals surface area contributed by atoms with Crippen LogP contribution >= 0.6 is 11.8 Å². The highest BCUT2D eigenvalue weighted by Gasteiger charge is 2.08. The molecule has 0 atom stereocenters. The number of nitrogens with one attached hydrogen (secondary N) is 2. The molecule has 0 aliphatic carbocycles. The second kappa shape index (κ2) is 6.39. The van der Waals surface area contributed by atoms with Crippen LogP contribution in [0, 0.1) is 0 Å². The van der Waals surface area contributed by atoms with E-state index in [0.29, 0.717) is 12.5 Å². The van der Waals surface area contributed by atoms with Gasteiger partial charge in [-0.2, -0.15) is 0 Å². The molecule has 2 heterocycles. The van der Waals surface area contributed by atoms with Gasteiger partial charge in [-0.05, 0) is 18.6 Å². The van der Waals surface area contributed by atoms with Crippen molar-refractivity contribution in [3.8, 4) is 0 Å². The van der Waals surface area contributed by atoms with Crippen molar-refractivity contribution < 1.29 is 0 Å². The van der Waals surface area contributed by atoms with E-state index in [9.17, 15) is 4.79 Å². The first kappa shape index (κ1) is 14.9. The van der Waals surface area contributed by atoms with E-state index in [-0.39, 0.29) is 5.69 Å². The Labute approximate surface area is 132 Å². The summed E-state index contributed by atoms with van der Waals surface area (Å²) in [5.74, 6) is 2.14. The van der Waals surface area contributed by atoms with Crippen molar-refractivity contribution in [2.45, 2.75) is 37.9 Å². The van der Waals surface area contributed by atoms with Crippen molar-refractivity contribution >= 4 is 22.8 Å². The number of nitrogens with zero attached hydrogens (tertiary/aromatic N) is 3. The van der Waals surface area contributed by atoms with Gasteiger partial charge in [0.15, 0.2) is 0 Å². The van der Waals surface area contributed by atoms with Crippen LogP contribution in [0.15, 0.2) is 34.2 Å². The Morgan fingerprint density at radius 2 is 2.14 bits per heavy atom. The number of aryl methyl sites for hydroxylation is 1. The lowest BCUT2D eigenvalue weighted by Crippen LogP contribution is -2.17. The molecule has 0 bridgehead atoms. The van der Waals surface area contributed by atoms with Crippen LogP contribution in [-0.4, -0.2) is 30.5 Å². The molecule has 116 valence electrons. The zero-order chi connectivity index (χ0) is 15.5. The summed E-state index contributed by atoms with van der Waals surface area (Å²) in [6.45, 7) is 4.86. The highest BCUT2D eigenvalue weighted by molar-refractivity contribution is 7.99. The molecule has 0 radical (unpaired) electrons. The molecule has 7 heteroatoms. The molecule has 0 saturated heterocycles. The van der Waals surface area contributed by atoms with E-state index in [1.165, 1.54) is 0 Å². The van der Waals surface area contributed by atoms with Crippen molar-refractivity contribution in [3.63, 3.8) is 0 Å². The van der Waals surface area contributed by atoms with E-state index in [1.54, 1.807) is 16.3 Å². The fourth-order valence-corrected chi connectivity index (χ4v) is 3.02. The molecule has 0 spiro atoms. The fourth-order valence-electron chi connectivity index (χ4n) is 2.30. The molecular weight excluding hydrogens is 298 g/mol. The molecule has 0 unspecified atom stereocenters. The van der Waals surface area contributed by atoms with Gasteiger partial charge in [0.2, 0.25) is 5.16 Å². The number of rotatable bonds is 6. The van der Waals surface area contributed by atoms with Crippen LogP contribution in [0.1, 0.15) is 32.0 Å². The number of H-pyrrole nitrogens is 2. The average Bonchev–Trinajstić information content (AvgIpc) is 3.08. The summed E-state index contributed by atoms with van der Waals surface area (Å²) in [7, 11) is 0. The Morgan fingerprint density at radius 1 is 1.32 bits per heavy atom. The van der Waals surface area contributed by atoms with Gasteiger partial charge < -0.3 is 4.98 Å². The maximum Gasteiger partial charge on any atom is 0.326 e. The Morgan fingerprint density at radius 3 is 2.91 bits per heavy atom. The van der Waals surface area contributed by atoms with E-state index in [0.717, 1.165) is 34.2 Å². The van der Waals surface area contributed by atoms with Crippen LogP contribution in [0.25, 0.3) is 11.0 Å². The first-order chi connectivity index (χ1) is 10.6. The van der Waals surface area contributed by atoms with E-state index in [2.05, 4.69) is 34.0 Å². The Hall–Kier alpha value is -2.02. The SMILES string of the molecule is CC(C)c1nc(SCCCn2c(=O)[nH]c3ccccc32)n[nH]1.